The zero-order valence-electron chi connectivity index (χ0n) is 13.4. The Morgan fingerprint density at radius 1 is 1.29 bits per heavy atom. The molecule has 1 aromatic carbocycles. The van der Waals surface area contributed by atoms with Crippen molar-refractivity contribution in [2.45, 2.75) is 6.54 Å². The lowest BCUT2D eigenvalue weighted by atomic mass is 10.1. The molecule has 2 heterocycles. The van der Waals surface area contributed by atoms with Gasteiger partial charge in [0.05, 0.1) is 18.0 Å². The van der Waals surface area contributed by atoms with Crippen LogP contribution in [0.4, 0.5) is 0 Å². The zero-order valence-corrected chi connectivity index (χ0v) is 13.4. The van der Waals surface area contributed by atoms with Crippen molar-refractivity contribution in [3.05, 3.63) is 70.3 Å². The van der Waals surface area contributed by atoms with Gasteiger partial charge in [-0.05, 0) is 23.8 Å². The number of aromatic nitrogens is 2. The van der Waals surface area contributed by atoms with Crippen LogP contribution >= 0.6 is 0 Å². The number of para-hydroxylation sites is 1. The number of benzene rings is 1. The smallest absolute Gasteiger partial charge is 0.257 e. The lowest BCUT2D eigenvalue weighted by molar-refractivity contribution is 0.0949. The van der Waals surface area contributed by atoms with Crippen molar-refractivity contribution >= 4 is 16.8 Å². The van der Waals surface area contributed by atoms with Crippen molar-refractivity contribution in [2.75, 3.05) is 7.11 Å². The Bertz CT molecular complexity index is 949. The minimum atomic E-state index is -0.413. The molecule has 0 aliphatic rings. The van der Waals surface area contributed by atoms with Crippen molar-refractivity contribution in [2.24, 2.45) is 7.05 Å². The molecule has 0 saturated heterocycles. The molecule has 122 valence electrons. The fourth-order valence-corrected chi connectivity index (χ4v) is 2.64. The minimum absolute atomic E-state index is 0.0992. The molecule has 0 aliphatic carbocycles. The molecule has 3 rings (SSSR count). The van der Waals surface area contributed by atoms with E-state index in [2.05, 4.69) is 10.3 Å². The van der Waals surface area contributed by atoms with Crippen LogP contribution in [0.5, 0.6) is 5.75 Å². The number of carbonyl (C=O) groups is 1. The Labute approximate surface area is 138 Å². The van der Waals surface area contributed by atoms with E-state index in [4.69, 9.17) is 4.74 Å². The van der Waals surface area contributed by atoms with E-state index < -0.39 is 5.91 Å². The third-order valence-corrected chi connectivity index (χ3v) is 3.80. The van der Waals surface area contributed by atoms with Crippen LogP contribution in [-0.2, 0) is 13.6 Å². The summed E-state index contributed by atoms with van der Waals surface area (Å²) in [5.74, 6) is 0.179. The molecule has 1 N–H and O–H groups in total. The summed E-state index contributed by atoms with van der Waals surface area (Å²) < 4.78 is 7.03. The van der Waals surface area contributed by atoms with Crippen LogP contribution in [0, 0.1) is 0 Å². The third-order valence-electron chi connectivity index (χ3n) is 3.80. The number of nitrogens with zero attached hydrogens (tertiary/aromatic N) is 2. The number of fused-ring (bicyclic) bond motifs is 1. The number of hydrogen-bond donors (Lipinski definition) is 1. The molecule has 2 aromatic heterocycles. The number of aryl methyl sites for hydroxylation is 1. The van der Waals surface area contributed by atoms with Crippen molar-refractivity contribution in [3.63, 3.8) is 0 Å². The number of amides is 1. The van der Waals surface area contributed by atoms with Gasteiger partial charge in [0.2, 0.25) is 5.43 Å². The maximum atomic E-state index is 12.7. The number of hydrogen-bond acceptors (Lipinski definition) is 4. The maximum absolute atomic E-state index is 12.7. The molecule has 0 atom stereocenters. The predicted molar refractivity (Wildman–Crippen MR) is 91.1 cm³/mol. The van der Waals surface area contributed by atoms with E-state index >= 15 is 0 Å². The van der Waals surface area contributed by atoms with Gasteiger partial charge in [0, 0.05) is 32.2 Å². The molecule has 24 heavy (non-hydrogen) atoms. The number of carbonyl (C=O) groups excluding carboxylic acids is 1. The van der Waals surface area contributed by atoms with Crippen LogP contribution in [0.25, 0.3) is 10.9 Å². The van der Waals surface area contributed by atoms with Crippen molar-refractivity contribution in [3.8, 4) is 5.75 Å². The van der Waals surface area contributed by atoms with Crippen molar-refractivity contribution in [1.29, 1.82) is 0 Å². The highest BCUT2D eigenvalue weighted by molar-refractivity contribution is 5.98. The first kappa shape index (κ1) is 15.7. The Balaban J connectivity index is 1.96. The number of pyridine rings is 2. The van der Waals surface area contributed by atoms with Gasteiger partial charge in [-0.1, -0.05) is 12.1 Å². The summed E-state index contributed by atoms with van der Waals surface area (Å²) in [5, 5.41) is 3.20. The molecule has 0 spiro atoms. The van der Waals surface area contributed by atoms with Gasteiger partial charge in [0.15, 0.2) is 0 Å². The van der Waals surface area contributed by atoms with Crippen LogP contribution in [-0.4, -0.2) is 22.6 Å². The number of rotatable bonds is 4. The summed E-state index contributed by atoms with van der Waals surface area (Å²) in [5.41, 5.74) is 1.31. The van der Waals surface area contributed by atoms with Crippen LogP contribution in [0.1, 0.15) is 15.9 Å². The quantitative estimate of drug-likeness (QED) is 0.795. The molecule has 3 aromatic rings. The second-order valence-corrected chi connectivity index (χ2v) is 5.38. The average molecular weight is 323 g/mol. The van der Waals surface area contributed by atoms with E-state index in [1.807, 2.05) is 6.07 Å². The maximum Gasteiger partial charge on any atom is 0.257 e. The van der Waals surface area contributed by atoms with Gasteiger partial charge in [-0.25, -0.2) is 0 Å². The summed E-state index contributed by atoms with van der Waals surface area (Å²) in [7, 11) is 3.33. The lowest BCUT2D eigenvalue weighted by Gasteiger charge is -2.12. The molecule has 0 radical (unpaired) electrons. The van der Waals surface area contributed by atoms with Gasteiger partial charge >= 0.3 is 0 Å². The Kier molecular flexibility index (Phi) is 4.29. The van der Waals surface area contributed by atoms with Gasteiger partial charge < -0.3 is 14.6 Å². The van der Waals surface area contributed by atoms with Gasteiger partial charge in [0.1, 0.15) is 11.3 Å². The summed E-state index contributed by atoms with van der Waals surface area (Å²) >= 11 is 0. The highest BCUT2D eigenvalue weighted by Gasteiger charge is 2.16. The Hall–Kier alpha value is -3.15. The summed E-state index contributed by atoms with van der Waals surface area (Å²) in [6.45, 7) is 0.311. The first-order valence-corrected chi connectivity index (χ1v) is 7.45. The summed E-state index contributed by atoms with van der Waals surface area (Å²) in [6.07, 6.45) is 4.87. The van der Waals surface area contributed by atoms with Crippen LogP contribution in [0.2, 0.25) is 0 Å². The normalized spacial score (nSPS) is 10.6. The number of methoxy groups -OCH3 is 1. The zero-order chi connectivity index (χ0) is 17.1. The molecule has 6 nitrogen and oxygen atoms in total. The van der Waals surface area contributed by atoms with Gasteiger partial charge in [-0.3, -0.25) is 14.6 Å². The van der Waals surface area contributed by atoms with Crippen molar-refractivity contribution in [1.82, 2.24) is 14.9 Å². The van der Waals surface area contributed by atoms with Crippen LogP contribution in [0.15, 0.2) is 53.7 Å². The second-order valence-electron chi connectivity index (χ2n) is 5.38. The van der Waals surface area contributed by atoms with Crippen molar-refractivity contribution < 1.29 is 9.53 Å². The number of nitrogens with one attached hydrogen (secondary N) is 1. The van der Waals surface area contributed by atoms with Gasteiger partial charge in [0.25, 0.3) is 5.91 Å². The minimum Gasteiger partial charge on any atom is -0.495 e. The summed E-state index contributed by atoms with van der Waals surface area (Å²) in [4.78, 5) is 29.1. The molecule has 0 aliphatic heterocycles. The first-order chi connectivity index (χ1) is 11.6. The molecule has 0 unspecified atom stereocenters. The molecule has 0 saturated carbocycles. The van der Waals surface area contributed by atoms with E-state index in [0.29, 0.717) is 23.2 Å². The summed E-state index contributed by atoms with van der Waals surface area (Å²) in [6, 6.07) is 8.86. The molecule has 0 fully saturated rings. The molecular weight excluding hydrogens is 306 g/mol. The molecule has 1 amide bonds. The standard InChI is InChI=1S/C18H17N3O3/c1-21-11-14(18(23)20-10-12-5-4-8-19-9-12)17(22)13-6-3-7-15(24-2)16(13)21/h3-9,11H,10H2,1-2H3,(H,20,23). The molecule has 0 bridgehead atoms. The lowest BCUT2D eigenvalue weighted by Crippen LogP contribution is -2.29. The number of ether oxygens (including phenoxy) is 1. The second kappa shape index (κ2) is 6.54. The van der Waals surface area contributed by atoms with Gasteiger partial charge in [-0.2, -0.15) is 0 Å². The monoisotopic (exact) mass is 323 g/mol. The van der Waals surface area contributed by atoms with E-state index in [-0.39, 0.29) is 11.0 Å². The van der Waals surface area contributed by atoms with E-state index in [0.717, 1.165) is 5.56 Å². The van der Waals surface area contributed by atoms with E-state index in [9.17, 15) is 9.59 Å². The molecular formula is C18H17N3O3. The van der Waals surface area contributed by atoms with Gasteiger partial charge in [-0.15, -0.1) is 0 Å². The largest absolute Gasteiger partial charge is 0.495 e. The van der Waals surface area contributed by atoms with E-state index in [1.165, 1.54) is 6.20 Å². The predicted octanol–water partition coefficient (Wildman–Crippen LogP) is 1.87. The highest BCUT2D eigenvalue weighted by atomic mass is 16.5. The third kappa shape index (κ3) is 2.86. The Morgan fingerprint density at radius 2 is 2.12 bits per heavy atom. The van der Waals surface area contributed by atoms with E-state index in [1.54, 1.807) is 55.4 Å². The van der Waals surface area contributed by atoms with Crippen LogP contribution in [0.3, 0.4) is 0 Å². The fraction of sp³-hybridized carbons (Fsp3) is 0.167. The SMILES string of the molecule is COc1cccc2c(=O)c(C(=O)NCc3cccnc3)cn(C)c12. The fourth-order valence-electron chi connectivity index (χ4n) is 2.64. The topological polar surface area (TPSA) is 73.2 Å². The first-order valence-electron chi connectivity index (χ1n) is 7.45. The average Bonchev–Trinajstić information content (AvgIpc) is 2.62. The Morgan fingerprint density at radius 3 is 2.83 bits per heavy atom. The highest BCUT2D eigenvalue weighted by Crippen LogP contribution is 2.22. The van der Waals surface area contributed by atoms with Crippen LogP contribution < -0.4 is 15.5 Å². The molecule has 6 heteroatoms.